The first-order chi connectivity index (χ1) is 27.0. The fraction of sp³-hybridized carbons (Fsp3) is 0.684. The Labute approximate surface area is 337 Å². The second-order valence-corrected chi connectivity index (χ2v) is 18.6. The van der Waals surface area contributed by atoms with E-state index in [9.17, 15) is 19.4 Å². The van der Waals surface area contributed by atoms with Crippen LogP contribution in [-0.4, -0.2) is 105 Å². The number of anilines is 1. The molecule has 0 unspecified atom stereocenters. The lowest BCUT2D eigenvalue weighted by Crippen LogP contribution is -2.33. The van der Waals surface area contributed by atoms with Crippen molar-refractivity contribution in [3.8, 4) is 6.07 Å². The number of nitrogens with zero attached hydrogens (tertiary/aromatic N) is 3. The van der Waals surface area contributed by atoms with Gasteiger partial charge in [-0.15, -0.1) is 0 Å². The molecule has 2 aromatic heterocycles. The van der Waals surface area contributed by atoms with Gasteiger partial charge in [-0.05, 0) is 60.5 Å². The number of fused-ring (bicyclic) bond motifs is 2. The monoisotopic (exact) mass is 838 g/mol. The van der Waals surface area contributed by atoms with Gasteiger partial charge in [-0.1, -0.05) is 36.6 Å². The van der Waals surface area contributed by atoms with E-state index in [1.165, 1.54) is 0 Å². The number of carbonyl (C=O) groups is 2. The predicted octanol–water partition coefficient (Wildman–Crippen LogP) is 6.19. The number of hydrogen-bond acceptors (Lipinski definition) is 16. The zero-order valence-electron chi connectivity index (χ0n) is 33.2. The van der Waals surface area contributed by atoms with E-state index in [0.717, 1.165) is 25.7 Å². The molecule has 1 aliphatic carbocycles. The number of aromatic nitrogens is 2. The van der Waals surface area contributed by atoms with Gasteiger partial charge in [-0.2, -0.15) is 5.26 Å². The zero-order chi connectivity index (χ0) is 41.0. The Morgan fingerprint density at radius 3 is 2.16 bits per heavy atom. The van der Waals surface area contributed by atoms with Crippen molar-refractivity contribution in [2.24, 2.45) is 10.8 Å². The summed E-state index contributed by atoms with van der Waals surface area (Å²) in [6.07, 6.45) is 6.10. The van der Waals surface area contributed by atoms with Crippen molar-refractivity contribution in [2.45, 2.75) is 104 Å². The lowest BCUT2D eigenvalue weighted by molar-refractivity contribution is -0.201. The fourth-order valence-corrected chi connectivity index (χ4v) is 8.21. The number of esters is 2. The van der Waals surface area contributed by atoms with Crippen molar-refractivity contribution >= 4 is 47.9 Å². The molecule has 0 spiro atoms. The van der Waals surface area contributed by atoms with Gasteiger partial charge in [-0.3, -0.25) is 23.2 Å². The Morgan fingerprint density at radius 2 is 1.56 bits per heavy atom. The number of nitriles is 1. The number of nitrogens with one attached hydrogen (secondary N) is 1. The van der Waals surface area contributed by atoms with Crippen molar-refractivity contribution in [1.82, 2.24) is 9.55 Å². The van der Waals surface area contributed by atoms with E-state index in [0.29, 0.717) is 16.7 Å². The normalized spacial score (nSPS) is 28.5. The Balaban J connectivity index is 1.17. The van der Waals surface area contributed by atoms with Crippen LogP contribution in [0.4, 0.5) is 5.69 Å². The van der Waals surface area contributed by atoms with Gasteiger partial charge in [0, 0.05) is 17.6 Å². The second kappa shape index (κ2) is 18.0. The molecule has 57 heavy (non-hydrogen) atoms. The molecule has 314 valence electrons. The molecule has 0 aromatic carbocycles. The zero-order valence-corrected chi connectivity index (χ0v) is 34.8. The highest BCUT2D eigenvalue weighted by molar-refractivity contribution is 7.53. The van der Waals surface area contributed by atoms with Crippen LogP contribution in [0.25, 0.3) is 11.0 Å². The molecule has 5 heterocycles. The van der Waals surface area contributed by atoms with E-state index in [2.05, 4.69) is 16.4 Å². The third-order valence-corrected chi connectivity index (χ3v) is 11.8. The maximum absolute atomic E-state index is 14.0. The van der Waals surface area contributed by atoms with Crippen LogP contribution in [0.5, 0.6) is 0 Å². The largest absolute Gasteiger partial charge is 0.437 e. The maximum atomic E-state index is 14.0. The van der Waals surface area contributed by atoms with Gasteiger partial charge in [0.25, 0.3) is 0 Å². The van der Waals surface area contributed by atoms with E-state index in [-0.39, 0.29) is 49.8 Å². The molecule has 19 heteroatoms. The molecule has 4 atom stereocenters. The molecule has 3 aliphatic heterocycles. The maximum Gasteiger partial charge on any atom is 0.361 e. The third kappa shape index (κ3) is 10.4. The third-order valence-electron chi connectivity index (χ3n) is 10.1. The summed E-state index contributed by atoms with van der Waals surface area (Å²) >= 11 is 6.60. The molecule has 0 radical (unpaired) electrons. The van der Waals surface area contributed by atoms with Gasteiger partial charge in [0.15, 0.2) is 17.2 Å². The van der Waals surface area contributed by atoms with Crippen LogP contribution in [0, 0.1) is 22.2 Å². The van der Waals surface area contributed by atoms with Crippen molar-refractivity contribution in [2.75, 3.05) is 58.3 Å². The molecule has 6 rings (SSSR count). The summed E-state index contributed by atoms with van der Waals surface area (Å²) in [6.45, 7) is 9.02. The number of rotatable bonds is 7. The molecule has 4 aliphatic rings. The summed E-state index contributed by atoms with van der Waals surface area (Å²) in [5.74, 6) is -2.30. The molecule has 1 N–H and O–H groups in total. The number of ether oxygens (including phenoxy) is 8. The minimum Gasteiger partial charge on any atom is -0.437 e. The molecule has 0 amide bonds. The average Bonchev–Trinajstić information content (AvgIpc) is 3.94. The Kier molecular flexibility index (Phi) is 13.7. The van der Waals surface area contributed by atoms with Crippen LogP contribution in [0.1, 0.15) is 79.0 Å². The molecule has 2 saturated heterocycles. The SMILES string of the molecule is CC1(C)O[C@@H]2[C@H](O1)[C@@H](COCP1(=O)OCOC(=O)C(C)(C)COCC=CCOCC(C)(C)C(=O)OCO1)O[C@H]2n1ccc2c(NC3CCCC3)c(C#N)c(Cl)nc21. The molecular weight excluding hydrogens is 787 g/mol. The minimum absolute atomic E-state index is 0.0398. The number of halogens is 1. The highest BCUT2D eigenvalue weighted by Crippen LogP contribution is 2.49. The topological polar surface area (TPSA) is 197 Å². The van der Waals surface area contributed by atoms with E-state index in [1.54, 1.807) is 64.5 Å². The molecule has 2 aromatic rings. The van der Waals surface area contributed by atoms with Gasteiger partial charge in [0.2, 0.25) is 13.6 Å². The van der Waals surface area contributed by atoms with Gasteiger partial charge >= 0.3 is 19.5 Å². The second-order valence-electron chi connectivity index (χ2n) is 16.2. The number of pyridine rings is 1. The highest BCUT2D eigenvalue weighted by atomic mass is 35.5. The van der Waals surface area contributed by atoms with Crippen molar-refractivity contribution in [3.63, 3.8) is 0 Å². The van der Waals surface area contributed by atoms with Gasteiger partial charge in [-0.25, -0.2) is 4.98 Å². The van der Waals surface area contributed by atoms with E-state index < -0.39 is 80.6 Å². The summed E-state index contributed by atoms with van der Waals surface area (Å²) in [6, 6.07) is 4.28. The molecule has 0 bridgehead atoms. The molecule has 17 nitrogen and oxygen atoms in total. The van der Waals surface area contributed by atoms with E-state index in [4.69, 9.17) is 58.5 Å². The first kappa shape index (κ1) is 43.4. The highest BCUT2D eigenvalue weighted by Gasteiger charge is 2.56. The van der Waals surface area contributed by atoms with Crippen LogP contribution in [0.15, 0.2) is 24.4 Å². The average molecular weight is 839 g/mol. The Hall–Kier alpha value is -3.14. The molecular formula is C38H52ClN4O13P. The number of carbonyl (C=O) groups excluding carboxylic acids is 2. The smallest absolute Gasteiger partial charge is 0.361 e. The van der Waals surface area contributed by atoms with E-state index >= 15 is 0 Å². The summed E-state index contributed by atoms with van der Waals surface area (Å²) in [5, 5.41) is 14.3. The van der Waals surface area contributed by atoms with Crippen molar-refractivity contribution < 1.29 is 61.1 Å². The van der Waals surface area contributed by atoms with Crippen LogP contribution in [-0.2, 0) is 61.1 Å². The van der Waals surface area contributed by atoms with Gasteiger partial charge in [0.1, 0.15) is 41.9 Å². The molecule has 3 fully saturated rings. The van der Waals surface area contributed by atoms with Gasteiger partial charge in [0.05, 0.1) is 49.6 Å². The van der Waals surface area contributed by atoms with Crippen LogP contribution < -0.4 is 5.32 Å². The Bertz CT molecular complexity index is 1840. The van der Waals surface area contributed by atoms with Crippen molar-refractivity contribution in [1.29, 1.82) is 5.26 Å². The van der Waals surface area contributed by atoms with Gasteiger partial charge < -0.3 is 47.8 Å². The summed E-state index contributed by atoms with van der Waals surface area (Å²) < 4.78 is 73.6. The lowest BCUT2D eigenvalue weighted by Gasteiger charge is -2.26. The predicted molar refractivity (Wildman–Crippen MR) is 204 cm³/mol. The molecule has 1 saturated carbocycles. The fourth-order valence-electron chi connectivity index (χ4n) is 7.01. The van der Waals surface area contributed by atoms with Crippen LogP contribution >= 0.6 is 19.2 Å². The Morgan fingerprint density at radius 1 is 0.965 bits per heavy atom. The quantitative estimate of drug-likeness (QED) is 0.143. The van der Waals surface area contributed by atoms with Crippen LogP contribution in [0.3, 0.4) is 0 Å². The lowest BCUT2D eigenvalue weighted by atomic mass is 9.95. The minimum atomic E-state index is -4.25. The number of hydrogen-bond donors (Lipinski definition) is 1. The number of cyclic esters (lactones) is 2. The summed E-state index contributed by atoms with van der Waals surface area (Å²) in [7, 11) is -4.25. The first-order valence-corrected chi connectivity index (χ1v) is 21.1. The summed E-state index contributed by atoms with van der Waals surface area (Å²) in [4.78, 5) is 30.4. The summed E-state index contributed by atoms with van der Waals surface area (Å²) in [5.41, 5.74) is -0.727. The first-order valence-electron chi connectivity index (χ1n) is 19.0. The van der Waals surface area contributed by atoms with Crippen molar-refractivity contribution in [3.05, 3.63) is 35.1 Å². The van der Waals surface area contributed by atoms with Crippen LogP contribution in [0.2, 0.25) is 5.15 Å². The standard InChI is InChI=1S/C38H52ClN4O13P/c1-36(2)19-47-15-9-10-16-48-20-37(3,4)35(45)51-22-53-57(46,52-21-50-34(36)44)23-49-18-27-29-30(56-38(5,6)55-29)33(54-27)43-14-13-25-28(41-24-11-7-8-12-24)26(17-40)31(39)42-32(25)43/h9-10,13-14,24,27,29-30,33H,7-8,11-12,15-16,18-23H2,1-6H3,(H,41,42)/t27-,29-,30-,33-/m1/s1. The van der Waals surface area contributed by atoms with E-state index in [1.807, 2.05) is 6.07 Å².